The van der Waals surface area contributed by atoms with Gasteiger partial charge in [0.15, 0.2) is 11.6 Å². The minimum atomic E-state index is -4.05. The van der Waals surface area contributed by atoms with Crippen molar-refractivity contribution in [2.75, 3.05) is 16.2 Å². The molecule has 1 saturated heterocycles. The fourth-order valence-electron chi connectivity index (χ4n) is 2.04. The predicted molar refractivity (Wildman–Crippen MR) is 78.3 cm³/mol. The first kappa shape index (κ1) is 16.6. The van der Waals surface area contributed by atoms with Gasteiger partial charge in [0, 0.05) is 4.47 Å². The molecule has 1 N–H and O–H groups in total. The maximum atomic E-state index is 13.6. The van der Waals surface area contributed by atoms with Gasteiger partial charge in [-0.2, -0.15) is 0 Å². The number of nitrogens with one attached hydrogen (secondary N) is 1. The summed E-state index contributed by atoms with van der Waals surface area (Å²) < 4.78 is 76.1. The Morgan fingerprint density at radius 1 is 1.14 bits per heavy atom. The fraction of sp³-hybridized carbons (Fsp3) is 0.455. The topological polar surface area (TPSA) is 80.3 Å². The van der Waals surface area contributed by atoms with Gasteiger partial charge in [-0.05, 0) is 25.0 Å². The summed E-state index contributed by atoms with van der Waals surface area (Å²) in [7, 11) is -7.27. The summed E-state index contributed by atoms with van der Waals surface area (Å²) in [5.41, 5.74) is -0.758. The third-order valence-corrected chi connectivity index (χ3v) is 7.20. The van der Waals surface area contributed by atoms with Gasteiger partial charge in [0.2, 0.25) is 10.0 Å². The lowest BCUT2D eigenvalue weighted by molar-refractivity contribution is 0.552. The standard InChI is InChI=1S/C11H12BrF2NO4S2/c12-7-5-9(13)11(10(14)6-7)15-21(18,19)8-1-3-20(16,17)4-2-8/h5-6,8,15H,1-4H2. The van der Waals surface area contributed by atoms with Gasteiger partial charge in [0.1, 0.15) is 15.5 Å². The molecule has 1 fully saturated rings. The number of hydrogen-bond donors (Lipinski definition) is 1. The molecular formula is C11H12BrF2NO4S2. The second kappa shape index (κ2) is 5.81. The Kier molecular flexibility index (Phi) is 4.60. The van der Waals surface area contributed by atoms with E-state index in [1.165, 1.54) is 0 Å². The Morgan fingerprint density at radius 3 is 2.10 bits per heavy atom. The first-order chi connectivity index (χ1) is 9.61. The van der Waals surface area contributed by atoms with Crippen molar-refractivity contribution < 1.29 is 25.6 Å². The molecule has 1 aromatic rings. The van der Waals surface area contributed by atoms with Crippen molar-refractivity contribution in [2.45, 2.75) is 18.1 Å². The first-order valence-electron chi connectivity index (χ1n) is 5.97. The van der Waals surface area contributed by atoms with E-state index in [-0.39, 0.29) is 28.8 Å². The Hall–Kier alpha value is -0.740. The molecule has 1 aliphatic heterocycles. The molecule has 0 amide bonds. The van der Waals surface area contributed by atoms with Crippen LogP contribution in [0, 0.1) is 11.6 Å². The summed E-state index contributed by atoms with van der Waals surface area (Å²) in [6, 6.07) is 1.87. The Balaban J connectivity index is 2.23. The van der Waals surface area contributed by atoms with E-state index >= 15 is 0 Å². The maximum Gasteiger partial charge on any atom is 0.235 e. The summed E-state index contributed by atoms with van der Waals surface area (Å²) in [5.74, 6) is -2.59. The van der Waals surface area contributed by atoms with Gasteiger partial charge >= 0.3 is 0 Å². The van der Waals surface area contributed by atoms with Crippen molar-refractivity contribution in [3.8, 4) is 0 Å². The van der Waals surface area contributed by atoms with E-state index in [1.54, 1.807) is 0 Å². The van der Waals surface area contributed by atoms with Crippen LogP contribution < -0.4 is 4.72 Å². The molecule has 1 aliphatic rings. The number of hydrogen-bond acceptors (Lipinski definition) is 4. The van der Waals surface area contributed by atoms with Gasteiger partial charge < -0.3 is 0 Å². The molecular weight excluding hydrogens is 392 g/mol. The van der Waals surface area contributed by atoms with Crippen LogP contribution in [0.25, 0.3) is 0 Å². The van der Waals surface area contributed by atoms with E-state index in [0.717, 1.165) is 12.1 Å². The first-order valence-corrected chi connectivity index (χ1v) is 10.1. The Bertz CT molecular complexity index is 727. The highest BCUT2D eigenvalue weighted by Gasteiger charge is 2.33. The zero-order valence-electron chi connectivity index (χ0n) is 10.6. The molecule has 1 aromatic carbocycles. The summed E-state index contributed by atoms with van der Waals surface area (Å²) >= 11 is 2.89. The number of benzene rings is 1. The highest BCUT2D eigenvalue weighted by atomic mass is 79.9. The maximum absolute atomic E-state index is 13.6. The second-order valence-corrected chi connectivity index (χ2v) is 9.92. The molecule has 0 bridgehead atoms. The monoisotopic (exact) mass is 403 g/mol. The largest absolute Gasteiger partial charge is 0.278 e. The van der Waals surface area contributed by atoms with Crippen molar-refractivity contribution in [2.24, 2.45) is 0 Å². The molecule has 118 valence electrons. The summed E-state index contributed by atoms with van der Waals surface area (Å²) in [5, 5.41) is -0.983. The number of sulfonamides is 1. The van der Waals surface area contributed by atoms with E-state index in [2.05, 4.69) is 15.9 Å². The molecule has 0 aromatic heterocycles. The minimum absolute atomic E-state index is 0.0859. The number of sulfone groups is 1. The smallest absolute Gasteiger partial charge is 0.235 e. The normalized spacial score (nSPS) is 19.4. The minimum Gasteiger partial charge on any atom is -0.278 e. The number of anilines is 1. The summed E-state index contributed by atoms with van der Waals surface area (Å²) in [4.78, 5) is 0. The third-order valence-electron chi connectivity index (χ3n) is 3.19. The van der Waals surface area contributed by atoms with Crippen LogP contribution in [0.3, 0.4) is 0 Å². The zero-order valence-corrected chi connectivity index (χ0v) is 13.9. The van der Waals surface area contributed by atoms with Crippen LogP contribution in [-0.2, 0) is 19.9 Å². The van der Waals surface area contributed by atoms with E-state index in [4.69, 9.17) is 0 Å². The molecule has 0 radical (unpaired) electrons. The van der Waals surface area contributed by atoms with Crippen LogP contribution in [0.1, 0.15) is 12.8 Å². The van der Waals surface area contributed by atoms with Crippen molar-refractivity contribution >= 4 is 41.5 Å². The van der Waals surface area contributed by atoms with Crippen LogP contribution in [-0.4, -0.2) is 33.6 Å². The summed E-state index contributed by atoms with van der Waals surface area (Å²) in [6.45, 7) is 0. The van der Waals surface area contributed by atoms with Gasteiger partial charge in [-0.15, -0.1) is 0 Å². The molecule has 0 spiro atoms. The van der Waals surface area contributed by atoms with Gasteiger partial charge in [-0.3, -0.25) is 4.72 Å². The average molecular weight is 404 g/mol. The van der Waals surface area contributed by atoms with E-state index < -0.39 is 42.4 Å². The summed E-state index contributed by atoms with van der Waals surface area (Å²) in [6.07, 6.45) is -0.172. The highest BCUT2D eigenvalue weighted by molar-refractivity contribution is 9.10. The lowest BCUT2D eigenvalue weighted by Gasteiger charge is -2.23. The fourth-order valence-corrected chi connectivity index (χ4v) is 5.74. The average Bonchev–Trinajstić information content (AvgIpc) is 2.33. The van der Waals surface area contributed by atoms with Crippen molar-refractivity contribution in [1.29, 1.82) is 0 Å². The lowest BCUT2D eigenvalue weighted by Crippen LogP contribution is -2.36. The molecule has 1 heterocycles. The van der Waals surface area contributed by atoms with Crippen LogP contribution in [0.15, 0.2) is 16.6 Å². The molecule has 5 nitrogen and oxygen atoms in total. The molecule has 0 unspecified atom stereocenters. The van der Waals surface area contributed by atoms with Crippen LogP contribution in [0.2, 0.25) is 0 Å². The Labute approximate surface area is 129 Å². The number of rotatable bonds is 3. The van der Waals surface area contributed by atoms with Crippen LogP contribution >= 0.6 is 15.9 Å². The van der Waals surface area contributed by atoms with Crippen LogP contribution in [0.4, 0.5) is 14.5 Å². The molecule has 21 heavy (non-hydrogen) atoms. The van der Waals surface area contributed by atoms with E-state index in [1.807, 2.05) is 4.72 Å². The lowest BCUT2D eigenvalue weighted by atomic mass is 10.2. The van der Waals surface area contributed by atoms with Crippen molar-refractivity contribution in [3.05, 3.63) is 28.2 Å². The van der Waals surface area contributed by atoms with Gasteiger partial charge in [-0.1, -0.05) is 15.9 Å². The van der Waals surface area contributed by atoms with Crippen molar-refractivity contribution in [1.82, 2.24) is 0 Å². The molecule has 2 rings (SSSR count). The molecule has 0 aliphatic carbocycles. The third kappa shape index (κ3) is 3.92. The SMILES string of the molecule is O=S1(=O)CCC(S(=O)(=O)Nc2c(F)cc(Br)cc2F)CC1. The van der Waals surface area contributed by atoms with Gasteiger partial charge in [-0.25, -0.2) is 25.6 Å². The molecule has 0 atom stereocenters. The van der Waals surface area contributed by atoms with Crippen molar-refractivity contribution in [3.63, 3.8) is 0 Å². The zero-order chi connectivity index (χ0) is 15.8. The quantitative estimate of drug-likeness (QED) is 0.837. The molecule has 0 saturated carbocycles. The van der Waals surface area contributed by atoms with Gasteiger partial charge in [0.25, 0.3) is 0 Å². The second-order valence-electron chi connectivity index (χ2n) is 4.74. The predicted octanol–water partition coefficient (Wildman–Crippen LogP) is 2.05. The van der Waals surface area contributed by atoms with Crippen LogP contribution in [0.5, 0.6) is 0 Å². The van der Waals surface area contributed by atoms with Gasteiger partial charge in [0.05, 0.1) is 16.8 Å². The van der Waals surface area contributed by atoms with E-state index in [0.29, 0.717) is 0 Å². The molecule has 10 heteroatoms. The number of halogens is 3. The van der Waals surface area contributed by atoms with E-state index in [9.17, 15) is 25.6 Å². The highest BCUT2D eigenvalue weighted by Crippen LogP contribution is 2.27. The Morgan fingerprint density at radius 2 is 1.62 bits per heavy atom.